The molecular weight excluding hydrogens is 188 g/mol. The third-order valence-electron chi connectivity index (χ3n) is 1.96. The first-order valence-electron chi connectivity index (χ1n) is 3.59. The van der Waals surface area contributed by atoms with E-state index >= 15 is 0 Å². The maximum atomic E-state index is 9.47. The fraction of sp³-hybridized carbons (Fsp3) is 0.111. The van der Waals surface area contributed by atoms with E-state index in [9.17, 15) is 5.11 Å². The van der Waals surface area contributed by atoms with Crippen molar-refractivity contribution in [1.29, 1.82) is 0 Å². The molecule has 1 heterocycles. The first kappa shape index (κ1) is 7.95. The van der Waals surface area contributed by atoms with Crippen molar-refractivity contribution in [2.24, 2.45) is 0 Å². The van der Waals surface area contributed by atoms with Crippen molar-refractivity contribution in [1.82, 2.24) is 0 Å². The molecule has 0 aliphatic heterocycles. The van der Waals surface area contributed by atoms with Gasteiger partial charge in [-0.25, -0.2) is 0 Å². The van der Waals surface area contributed by atoms with Crippen LogP contribution in [0.15, 0.2) is 22.4 Å². The average Bonchev–Trinajstić information content (AvgIpc) is 2.48. The van der Waals surface area contributed by atoms with Crippen LogP contribution >= 0.6 is 24.0 Å². The summed E-state index contributed by atoms with van der Waals surface area (Å²) in [5, 5.41) is 12.6. The monoisotopic (exact) mass is 196 g/mol. The lowest BCUT2D eigenvalue weighted by Gasteiger charge is -2.01. The molecule has 3 heteroatoms. The second kappa shape index (κ2) is 2.68. The molecule has 0 fully saturated rings. The van der Waals surface area contributed by atoms with Gasteiger partial charge in [-0.3, -0.25) is 0 Å². The number of thiophene rings is 1. The summed E-state index contributed by atoms with van der Waals surface area (Å²) in [4.78, 5) is 0.850. The summed E-state index contributed by atoms with van der Waals surface area (Å²) in [5.41, 5.74) is 0.934. The molecule has 0 bridgehead atoms. The molecule has 62 valence electrons. The Kier molecular flexibility index (Phi) is 1.77. The Bertz CT molecular complexity index is 431. The summed E-state index contributed by atoms with van der Waals surface area (Å²) in [7, 11) is 0. The largest absolute Gasteiger partial charge is 0.508 e. The number of aromatic hydroxyl groups is 1. The van der Waals surface area contributed by atoms with Crippen LogP contribution in [0.25, 0.3) is 10.1 Å². The molecule has 0 spiro atoms. The Morgan fingerprint density at radius 3 is 3.00 bits per heavy atom. The molecule has 0 radical (unpaired) electrons. The second-order valence-corrected chi connectivity index (χ2v) is 4.10. The number of benzene rings is 1. The van der Waals surface area contributed by atoms with E-state index in [2.05, 4.69) is 12.6 Å². The molecule has 0 saturated carbocycles. The van der Waals surface area contributed by atoms with E-state index in [0.29, 0.717) is 5.75 Å². The molecule has 1 N–H and O–H groups in total. The number of phenols is 1. The lowest BCUT2D eigenvalue weighted by Crippen LogP contribution is -1.76. The van der Waals surface area contributed by atoms with Crippen LogP contribution in [0.3, 0.4) is 0 Å². The zero-order chi connectivity index (χ0) is 8.72. The maximum Gasteiger partial charge on any atom is 0.120 e. The average molecular weight is 196 g/mol. The number of thiol groups is 1. The van der Waals surface area contributed by atoms with Gasteiger partial charge in [0, 0.05) is 15.0 Å². The third-order valence-corrected chi connectivity index (χ3v) is 3.41. The standard InChI is InChI=1S/C9H8OS2/c1-5-6-2-3-12-9(6)8(11)4-7(5)10/h2-4,10-11H,1H3. The van der Waals surface area contributed by atoms with Crippen molar-refractivity contribution < 1.29 is 5.11 Å². The zero-order valence-corrected chi connectivity index (χ0v) is 8.25. The van der Waals surface area contributed by atoms with Crippen LogP contribution in [-0.4, -0.2) is 5.11 Å². The Morgan fingerprint density at radius 2 is 2.25 bits per heavy atom. The number of hydrogen-bond donors (Lipinski definition) is 2. The highest BCUT2D eigenvalue weighted by Gasteiger charge is 2.06. The summed E-state index contributed by atoms with van der Waals surface area (Å²) in [5.74, 6) is 0.325. The van der Waals surface area contributed by atoms with Crippen molar-refractivity contribution >= 4 is 34.1 Å². The van der Waals surface area contributed by atoms with Crippen LogP contribution in [0.1, 0.15) is 5.56 Å². The molecule has 0 aliphatic rings. The molecule has 1 aromatic heterocycles. The normalized spacial score (nSPS) is 10.8. The Balaban J connectivity index is 2.97. The highest BCUT2D eigenvalue weighted by molar-refractivity contribution is 7.80. The van der Waals surface area contributed by atoms with Gasteiger partial charge in [0.25, 0.3) is 0 Å². The molecule has 1 aromatic carbocycles. The van der Waals surface area contributed by atoms with E-state index in [1.165, 1.54) is 0 Å². The molecule has 2 rings (SSSR count). The van der Waals surface area contributed by atoms with Gasteiger partial charge in [-0.1, -0.05) is 0 Å². The predicted molar refractivity (Wildman–Crippen MR) is 55.5 cm³/mol. The molecule has 12 heavy (non-hydrogen) atoms. The molecule has 0 amide bonds. The first-order chi connectivity index (χ1) is 5.70. The highest BCUT2D eigenvalue weighted by atomic mass is 32.1. The maximum absolute atomic E-state index is 9.47. The number of hydrogen-bond acceptors (Lipinski definition) is 3. The summed E-state index contributed by atoms with van der Waals surface area (Å²) in [6.45, 7) is 1.91. The lowest BCUT2D eigenvalue weighted by atomic mass is 10.1. The summed E-state index contributed by atoms with van der Waals surface area (Å²) in [6, 6.07) is 3.70. The molecule has 2 aromatic rings. The van der Waals surface area contributed by atoms with Gasteiger partial charge in [0.05, 0.1) is 0 Å². The lowest BCUT2D eigenvalue weighted by molar-refractivity contribution is 0.471. The smallest absolute Gasteiger partial charge is 0.120 e. The summed E-state index contributed by atoms with van der Waals surface area (Å²) >= 11 is 5.93. The molecule has 0 aliphatic carbocycles. The van der Waals surface area contributed by atoms with E-state index in [1.807, 2.05) is 18.4 Å². The van der Waals surface area contributed by atoms with Gasteiger partial charge in [-0.2, -0.15) is 0 Å². The first-order valence-corrected chi connectivity index (χ1v) is 4.91. The number of fused-ring (bicyclic) bond motifs is 1. The molecule has 1 nitrogen and oxygen atoms in total. The van der Waals surface area contributed by atoms with Crippen LogP contribution in [0.4, 0.5) is 0 Å². The molecule has 0 atom stereocenters. The van der Waals surface area contributed by atoms with Crippen molar-refractivity contribution in [3.8, 4) is 5.75 Å². The van der Waals surface area contributed by atoms with E-state index in [1.54, 1.807) is 17.4 Å². The Hall–Kier alpha value is -0.670. The minimum Gasteiger partial charge on any atom is -0.508 e. The Labute approximate surface area is 80.1 Å². The van der Waals surface area contributed by atoms with Gasteiger partial charge in [0.2, 0.25) is 0 Å². The van der Waals surface area contributed by atoms with E-state index in [4.69, 9.17) is 0 Å². The van der Waals surface area contributed by atoms with Crippen molar-refractivity contribution in [3.05, 3.63) is 23.1 Å². The second-order valence-electron chi connectivity index (χ2n) is 2.70. The summed E-state index contributed by atoms with van der Waals surface area (Å²) < 4.78 is 1.15. The van der Waals surface area contributed by atoms with Gasteiger partial charge < -0.3 is 5.11 Å². The zero-order valence-electron chi connectivity index (χ0n) is 6.53. The quantitative estimate of drug-likeness (QED) is 0.620. The minimum atomic E-state index is 0.325. The van der Waals surface area contributed by atoms with Crippen molar-refractivity contribution in [2.45, 2.75) is 11.8 Å². The fourth-order valence-electron chi connectivity index (χ4n) is 1.24. The van der Waals surface area contributed by atoms with Gasteiger partial charge in [0.15, 0.2) is 0 Å². The van der Waals surface area contributed by atoms with Gasteiger partial charge >= 0.3 is 0 Å². The minimum absolute atomic E-state index is 0.325. The van der Waals surface area contributed by atoms with E-state index in [0.717, 1.165) is 20.5 Å². The van der Waals surface area contributed by atoms with Crippen LogP contribution in [0.5, 0.6) is 5.75 Å². The molecule has 0 unspecified atom stereocenters. The summed E-state index contributed by atoms with van der Waals surface area (Å²) in [6.07, 6.45) is 0. The van der Waals surface area contributed by atoms with E-state index in [-0.39, 0.29) is 0 Å². The predicted octanol–water partition coefficient (Wildman–Crippen LogP) is 3.20. The molecule has 0 saturated heterocycles. The third kappa shape index (κ3) is 1.01. The van der Waals surface area contributed by atoms with Gasteiger partial charge in [-0.05, 0) is 30.0 Å². The number of aryl methyl sites for hydroxylation is 1. The van der Waals surface area contributed by atoms with Crippen LogP contribution in [-0.2, 0) is 0 Å². The number of rotatable bonds is 0. The number of phenolic OH excluding ortho intramolecular Hbond substituents is 1. The van der Waals surface area contributed by atoms with E-state index < -0.39 is 0 Å². The van der Waals surface area contributed by atoms with Gasteiger partial charge in [-0.15, -0.1) is 24.0 Å². The van der Waals surface area contributed by atoms with Crippen LogP contribution in [0.2, 0.25) is 0 Å². The van der Waals surface area contributed by atoms with Crippen molar-refractivity contribution in [2.75, 3.05) is 0 Å². The van der Waals surface area contributed by atoms with Crippen molar-refractivity contribution in [3.63, 3.8) is 0 Å². The van der Waals surface area contributed by atoms with Crippen LogP contribution < -0.4 is 0 Å². The van der Waals surface area contributed by atoms with Crippen LogP contribution in [0, 0.1) is 6.92 Å². The van der Waals surface area contributed by atoms with Gasteiger partial charge in [0.1, 0.15) is 5.75 Å². The SMILES string of the molecule is Cc1c(O)cc(S)c2sccc12. The topological polar surface area (TPSA) is 20.2 Å². The fourth-order valence-corrected chi connectivity index (χ4v) is 2.51. The molecular formula is C9H8OS2. The highest BCUT2D eigenvalue weighted by Crippen LogP contribution is 2.34. The Morgan fingerprint density at radius 1 is 1.50 bits per heavy atom.